The van der Waals surface area contributed by atoms with Crippen LogP contribution in [0.4, 0.5) is 21.5 Å². The van der Waals surface area contributed by atoms with Crippen LogP contribution in [0, 0.1) is 5.82 Å². The molecule has 35 heavy (non-hydrogen) atoms. The average molecular weight is 472 g/mol. The summed E-state index contributed by atoms with van der Waals surface area (Å²) in [6.45, 7) is 5.89. The first-order chi connectivity index (χ1) is 17.2. The van der Waals surface area contributed by atoms with Gasteiger partial charge in [-0.15, -0.1) is 0 Å². The summed E-state index contributed by atoms with van der Waals surface area (Å²) >= 11 is 0. The van der Waals surface area contributed by atoms with Gasteiger partial charge in [0, 0.05) is 55.2 Å². The van der Waals surface area contributed by atoms with Crippen molar-refractivity contribution in [2.45, 2.75) is 44.8 Å². The van der Waals surface area contributed by atoms with Crippen LogP contribution >= 0.6 is 0 Å². The fourth-order valence-corrected chi connectivity index (χ4v) is 5.93. The van der Waals surface area contributed by atoms with Crippen LogP contribution < -0.4 is 14.5 Å². The highest BCUT2D eigenvalue weighted by Crippen LogP contribution is 2.40. The molecule has 3 aromatic rings. The first-order valence-corrected chi connectivity index (χ1v) is 13.1. The lowest BCUT2D eigenvalue weighted by Crippen LogP contribution is -2.39. The van der Waals surface area contributed by atoms with E-state index in [9.17, 15) is 4.39 Å². The molecule has 0 spiro atoms. The van der Waals surface area contributed by atoms with Crippen LogP contribution in [0.3, 0.4) is 0 Å². The van der Waals surface area contributed by atoms with Crippen LogP contribution in [0.2, 0.25) is 0 Å². The van der Waals surface area contributed by atoms with Gasteiger partial charge in [-0.3, -0.25) is 4.90 Å². The van der Waals surface area contributed by atoms with E-state index in [-0.39, 0.29) is 5.82 Å². The Morgan fingerprint density at radius 2 is 1.69 bits per heavy atom. The van der Waals surface area contributed by atoms with Crippen molar-refractivity contribution in [2.24, 2.45) is 0 Å². The average Bonchev–Trinajstić information content (AvgIpc) is 3.56. The number of fused-ring (bicyclic) bond motifs is 2. The zero-order valence-electron chi connectivity index (χ0n) is 20.3. The molecule has 2 fully saturated rings. The fraction of sp³-hybridized carbons (Fsp3) is 0.400. The van der Waals surface area contributed by atoms with Gasteiger partial charge < -0.3 is 14.5 Å². The first kappa shape index (κ1) is 22.4. The van der Waals surface area contributed by atoms with Gasteiger partial charge in [0.05, 0.1) is 5.69 Å². The molecule has 3 aliphatic heterocycles. The molecule has 2 saturated heterocycles. The van der Waals surface area contributed by atoms with Crippen molar-refractivity contribution in [1.82, 2.24) is 4.90 Å². The molecule has 3 heterocycles. The molecule has 0 radical (unpaired) electrons. The van der Waals surface area contributed by atoms with Crippen LogP contribution in [0.5, 0.6) is 5.75 Å². The summed E-state index contributed by atoms with van der Waals surface area (Å²) in [5, 5.41) is 0. The summed E-state index contributed by atoms with van der Waals surface area (Å²) < 4.78 is 20.4. The Morgan fingerprint density at radius 1 is 0.857 bits per heavy atom. The minimum absolute atomic E-state index is 0.225. The molecule has 0 bridgehead atoms. The predicted octanol–water partition coefficient (Wildman–Crippen LogP) is 6.16. The molecular weight excluding hydrogens is 437 g/mol. The molecular formula is C30H34FN3O. The number of ether oxygens (including phenoxy) is 1. The molecule has 0 aromatic heterocycles. The molecule has 6 rings (SSSR count). The summed E-state index contributed by atoms with van der Waals surface area (Å²) in [5.74, 6) is 0.530. The van der Waals surface area contributed by atoms with Crippen molar-refractivity contribution in [3.8, 4) is 5.75 Å². The van der Waals surface area contributed by atoms with E-state index in [0.29, 0.717) is 12.6 Å². The zero-order valence-corrected chi connectivity index (χ0v) is 20.3. The highest BCUT2D eigenvalue weighted by atomic mass is 19.1. The molecule has 3 aromatic carbocycles. The lowest BCUT2D eigenvalue weighted by atomic mass is 10.1. The Morgan fingerprint density at radius 3 is 2.54 bits per heavy atom. The summed E-state index contributed by atoms with van der Waals surface area (Å²) in [5.41, 5.74) is 5.87. The number of benzene rings is 3. The van der Waals surface area contributed by atoms with E-state index < -0.39 is 0 Å². The van der Waals surface area contributed by atoms with Crippen LogP contribution in [-0.2, 0) is 13.0 Å². The molecule has 0 aliphatic carbocycles. The Kier molecular flexibility index (Phi) is 6.34. The van der Waals surface area contributed by atoms with E-state index in [0.717, 1.165) is 55.2 Å². The number of para-hydroxylation sites is 1. The van der Waals surface area contributed by atoms with E-state index >= 15 is 0 Å². The minimum Gasteiger partial charge on any atom is -0.487 e. The van der Waals surface area contributed by atoms with E-state index in [1.165, 1.54) is 49.7 Å². The standard InChI is InChI=1S/C30H34FN3O/c31-25-11-14-30-29(20-25)34(28-8-2-1-6-24(28)22-35-30)21-27-7-5-18-33(27)19-15-23-9-12-26(13-10-23)32-16-3-4-17-32/h1-2,6,8-14,20,27H,3-5,7,15-19,21-22H2/t27-/m1/s1. The molecule has 5 heteroatoms. The van der Waals surface area contributed by atoms with Gasteiger partial charge in [-0.25, -0.2) is 4.39 Å². The number of hydrogen-bond donors (Lipinski definition) is 0. The molecule has 0 saturated carbocycles. The normalized spacial score (nSPS) is 19.9. The number of likely N-dealkylation sites (tertiary alicyclic amines) is 1. The lowest BCUT2D eigenvalue weighted by molar-refractivity contribution is 0.261. The number of hydrogen-bond acceptors (Lipinski definition) is 4. The molecule has 3 aliphatic rings. The number of rotatable bonds is 6. The van der Waals surface area contributed by atoms with E-state index in [4.69, 9.17) is 4.74 Å². The van der Waals surface area contributed by atoms with Gasteiger partial charge in [0.1, 0.15) is 18.2 Å². The minimum atomic E-state index is -0.225. The third kappa shape index (κ3) is 4.74. The fourth-order valence-electron chi connectivity index (χ4n) is 5.93. The molecule has 0 unspecified atom stereocenters. The molecule has 1 atom stereocenters. The summed E-state index contributed by atoms with van der Waals surface area (Å²) in [4.78, 5) is 7.40. The van der Waals surface area contributed by atoms with E-state index in [1.54, 1.807) is 12.1 Å². The van der Waals surface area contributed by atoms with Crippen molar-refractivity contribution in [2.75, 3.05) is 42.5 Å². The van der Waals surface area contributed by atoms with Gasteiger partial charge in [0.25, 0.3) is 0 Å². The predicted molar refractivity (Wildman–Crippen MR) is 140 cm³/mol. The van der Waals surface area contributed by atoms with Gasteiger partial charge in [-0.1, -0.05) is 30.3 Å². The first-order valence-electron chi connectivity index (χ1n) is 13.1. The zero-order chi connectivity index (χ0) is 23.6. The lowest BCUT2D eigenvalue weighted by Gasteiger charge is -2.32. The van der Waals surface area contributed by atoms with E-state index in [1.807, 2.05) is 6.07 Å². The van der Waals surface area contributed by atoms with Crippen molar-refractivity contribution >= 4 is 17.1 Å². The topological polar surface area (TPSA) is 19.0 Å². The van der Waals surface area contributed by atoms with Crippen LogP contribution in [-0.4, -0.2) is 43.7 Å². The van der Waals surface area contributed by atoms with Gasteiger partial charge in [0.15, 0.2) is 0 Å². The van der Waals surface area contributed by atoms with Crippen molar-refractivity contribution in [1.29, 1.82) is 0 Å². The van der Waals surface area contributed by atoms with Gasteiger partial charge >= 0.3 is 0 Å². The summed E-state index contributed by atoms with van der Waals surface area (Å²) in [6.07, 6.45) is 6.05. The third-order valence-corrected chi connectivity index (χ3v) is 7.87. The summed E-state index contributed by atoms with van der Waals surface area (Å²) in [6, 6.07) is 22.9. The largest absolute Gasteiger partial charge is 0.487 e. The highest BCUT2D eigenvalue weighted by molar-refractivity contribution is 5.73. The Labute approximate surface area is 207 Å². The maximum Gasteiger partial charge on any atom is 0.143 e. The Hall–Kier alpha value is -3.05. The van der Waals surface area contributed by atoms with Crippen molar-refractivity contribution in [3.05, 3.63) is 83.7 Å². The highest BCUT2D eigenvalue weighted by Gasteiger charge is 2.30. The van der Waals surface area contributed by atoms with E-state index in [2.05, 4.69) is 57.2 Å². The SMILES string of the molecule is Fc1ccc2c(c1)N(C[C@H]1CCCN1CCc1ccc(N3CCCC3)cc1)c1ccccc1CO2. The number of nitrogens with zero attached hydrogens (tertiary/aromatic N) is 3. The van der Waals surface area contributed by atoms with Gasteiger partial charge in [0.2, 0.25) is 0 Å². The third-order valence-electron chi connectivity index (χ3n) is 7.87. The second-order valence-electron chi connectivity index (χ2n) is 10.1. The quantitative estimate of drug-likeness (QED) is 0.428. The second kappa shape index (κ2) is 9.90. The number of anilines is 3. The monoisotopic (exact) mass is 471 g/mol. The Bertz CT molecular complexity index is 1160. The molecule has 182 valence electrons. The molecule has 0 N–H and O–H groups in total. The Balaban J connectivity index is 1.18. The smallest absolute Gasteiger partial charge is 0.143 e. The van der Waals surface area contributed by atoms with Gasteiger partial charge in [-0.05, 0) is 74.5 Å². The maximum atomic E-state index is 14.3. The second-order valence-corrected chi connectivity index (χ2v) is 10.1. The molecule has 0 amide bonds. The maximum absolute atomic E-state index is 14.3. The van der Waals surface area contributed by atoms with Crippen LogP contribution in [0.15, 0.2) is 66.7 Å². The van der Waals surface area contributed by atoms with Gasteiger partial charge in [-0.2, -0.15) is 0 Å². The molecule has 4 nitrogen and oxygen atoms in total. The van der Waals surface area contributed by atoms with Crippen LogP contribution in [0.1, 0.15) is 36.8 Å². The number of halogens is 1. The van der Waals surface area contributed by atoms with Crippen molar-refractivity contribution in [3.63, 3.8) is 0 Å². The van der Waals surface area contributed by atoms with Crippen LogP contribution in [0.25, 0.3) is 0 Å². The van der Waals surface area contributed by atoms with Crippen molar-refractivity contribution < 1.29 is 9.13 Å². The summed E-state index contributed by atoms with van der Waals surface area (Å²) in [7, 11) is 0.